The first-order valence-corrected chi connectivity index (χ1v) is 25.8. The molecular formula is C53H52N12O2S2. The van der Waals surface area contributed by atoms with Gasteiger partial charge in [0.15, 0.2) is 11.6 Å². The number of carbonyl (C=O) groups is 2. The molecule has 12 rings (SSSR count). The number of aromatic nitrogens is 6. The van der Waals surface area contributed by atoms with Crippen molar-refractivity contribution in [3.05, 3.63) is 120 Å². The smallest absolute Gasteiger partial charge is 0.236 e. The summed E-state index contributed by atoms with van der Waals surface area (Å²) in [6.07, 6.45) is 4.81. The van der Waals surface area contributed by atoms with Crippen LogP contribution in [0.1, 0.15) is 30.9 Å². The second-order valence-corrected chi connectivity index (χ2v) is 20.1. The number of piperazine rings is 2. The summed E-state index contributed by atoms with van der Waals surface area (Å²) < 4.78 is 0. The van der Waals surface area contributed by atoms with E-state index in [0.29, 0.717) is 24.7 Å². The molecular weight excluding hydrogens is 901 g/mol. The largest absolute Gasteiger partial charge is 0.353 e. The number of nitrogens with zero attached hydrogens (tertiary/aromatic N) is 11. The molecule has 0 spiro atoms. The highest BCUT2D eigenvalue weighted by Crippen LogP contribution is 2.43. The topological polar surface area (TPSA) is 140 Å². The van der Waals surface area contributed by atoms with Gasteiger partial charge in [-0.1, -0.05) is 72.8 Å². The van der Waals surface area contributed by atoms with Crippen molar-refractivity contribution in [2.24, 2.45) is 0 Å². The first-order chi connectivity index (χ1) is 34.0. The molecule has 1 aliphatic carbocycles. The summed E-state index contributed by atoms with van der Waals surface area (Å²) in [5, 5.41) is 9.81. The Balaban J connectivity index is 0.717. The lowest BCUT2D eigenvalue weighted by Crippen LogP contribution is -2.50. The molecule has 2 atom stereocenters. The number of hydrogen-bond donors (Lipinski definition) is 1. The summed E-state index contributed by atoms with van der Waals surface area (Å²) in [4.78, 5) is 70.0. The molecule has 3 aliphatic heterocycles. The number of benzene rings is 2. The molecule has 1 saturated carbocycles. The fourth-order valence-corrected chi connectivity index (χ4v) is 12.0. The van der Waals surface area contributed by atoms with E-state index in [-0.39, 0.29) is 23.8 Å². The number of rotatable bonds is 12. The maximum absolute atomic E-state index is 13.6. The van der Waals surface area contributed by atoms with Crippen LogP contribution in [0.25, 0.3) is 65.7 Å². The summed E-state index contributed by atoms with van der Waals surface area (Å²) in [6.45, 7) is 8.60. The minimum absolute atomic E-state index is 0.0224. The monoisotopic (exact) mass is 952 g/mol. The summed E-state index contributed by atoms with van der Waals surface area (Å²) in [6, 6.07) is 32.8. The van der Waals surface area contributed by atoms with Crippen molar-refractivity contribution in [1.82, 2.24) is 49.9 Å². The van der Waals surface area contributed by atoms with E-state index in [4.69, 9.17) is 24.9 Å². The van der Waals surface area contributed by atoms with Crippen LogP contribution in [0.3, 0.4) is 0 Å². The van der Waals surface area contributed by atoms with Gasteiger partial charge in [-0.05, 0) is 54.7 Å². The standard InChI is InChI=1S/C53H52N12O2S2/c66-44(31-61-22-26-64(27-23-61)50-46-38(35-12-3-1-4-13-35)33-68-52(46)59-48(57-50)41-16-7-8-19-54-41)56-43-30-37(43)40-17-11-18-42(55-40)49-58-51(47-39(34-69-53(47)60-49)36-14-5-2-6-15-36)65-28-24-62(25-29-65)32-45(67)63-20-9-10-21-63/h1-8,11-19,33-34,37,43H,9-10,20-32H2,(H,56,66). The van der Waals surface area contributed by atoms with Crippen LogP contribution in [0.2, 0.25) is 0 Å². The molecule has 2 unspecified atom stereocenters. The van der Waals surface area contributed by atoms with Gasteiger partial charge >= 0.3 is 0 Å². The van der Waals surface area contributed by atoms with Gasteiger partial charge in [0, 0.05) is 111 Å². The van der Waals surface area contributed by atoms with Crippen molar-refractivity contribution in [1.29, 1.82) is 0 Å². The van der Waals surface area contributed by atoms with E-state index in [1.165, 1.54) is 0 Å². The highest BCUT2D eigenvalue weighted by molar-refractivity contribution is 7.17. The first kappa shape index (κ1) is 43.6. The van der Waals surface area contributed by atoms with Gasteiger partial charge in [-0.3, -0.25) is 24.4 Å². The molecule has 69 heavy (non-hydrogen) atoms. The number of fused-ring (bicyclic) bond motifs is 2. The molecule has 4 aliphatic rings. The first-order valence-electron chi connectivity index (χ1n) is 24.1. The van der Waals surface area contributed by atoms with Crippen LogP contribution in [0, 0.1) is 0 Å². The molecule has 2 aromatic carbocycles. The average molecular weight is 953 g/mol. The van der Waals surface area contributed by atoms with Crippen molar-refractivity contribution in [2.45, 2.75) is 31.2 Å². The van der Waals surface area contributed by atoms with Gasteiger partial charge < -0.3 is 20.0 Å². The number of amides is 2. The third-order valence-electron chi connectivity index (χ3n) is 13.9. The number of hydrogen-bond acceptors (Lipinski definition) is 14. The molecule has 3 saturated heterocycles. The van der Waals surface area contributed by atoms with Crippen molar-refractivity contribution in [3.8, 4) is 45.3 Å². The van der Waals surface area contributed by atoms with Crippen molar-refractivity contribution in [2.75, 3.05) is 88.3 Å². The van der Waals surface area contributed by atoms with Crippen molar-refractivity contribution < 1.29 is 9.59 Å². The van der Waals surface area contributed by atoms with Gasteiger partial charge in [-0.2, -0.15) is 0 Å². The quantitative estimate of drug-likeness (QED) is 0.129. The third kappa shape index (κ3) is 9.05. The normalized spacial score (nSPS) is 18.9. The molecule has 1 N–H and O–H groups in total. The SMILES string of the molecule is O=C(CN1CCN(c2nc(-c3ccccn3)nc3scc(-c4ccccc4)c23)CC1)NC1CC1c1cccc(-c2nc(N3CCN(CC(=O)N4CCCC4)CC3)c3c(-c4ccccc4)csc3n2)n1. The lowest BCUT2D eigenvalue weighted by Gasteiger charge is -2.36. The number of nitrogens with one attached hydrogen (secondary N) is 1. The van der Waals surface area contributed by atoms with Gasteiger partial charge in [0.2, 0.25) is 11.8 Å². The van der Waals surface area contributed by atoms with E-state index in [1.807, 2.05) is 47.4 Å². The number of likely N-dealkylation sites (tertiary alicyclic amines) is 1. The maximum Gasteiger partial charge on any atom is 0.236 e. The van der Waals surface area contributed by atoms with Crippen molar-refractivity contribution >= 4 is 66.6 Å². The van der Waals surface area contributed by atoms with Crippen LogP contribution < -0.4 is 15.1 Å². The van der Waals surface area contributed by atoms with Gasteiger partial charge in [0.1, 0.15) is 32.7 Å². The Hall–Kier alpha value is -6.72. The molecule has 348 valence electrons. The molecule has 0 radical (unpaired) electrons. The number of thiophene rings is 2. The van der Waals surface area contributed by atoms with Crippen LogP contribution in [0.15, 0.2) is 114 Å². The highest BCUT2D eigenvalue weighted by atomic mass is 32.1. The van der Waals surface area contributed by atoms with E-state index in [9.17, 15) is 9.59 Å². The average Bonchev–Trinajstić information content (AvgIpc) is 3.75. The van der Waals surface area contributed by atoms with Gasteiger partial charge in [0.25, 0.3) is 0 Å². The predicted octanol–water partition coefficient (Wildman–Crippen LogP) is 7.69. The Morgan fingerprint density at radius 2 is 1.12 bits per heavy atom. The van der Waals surface area contributed by atoms with E-state index < -0.39 is 0 Å². The lowest BCUT2D eigenvalue weighted by molar-refractivity contribution is -0.131. The second-order valence-electron chi connectivity index (χ2n) is 18.4. The number of pyridine rings is 2. The van der Waals surface area contributed by atoms with Gasteiger partial charge in [-0.15, -0.1) is 22.7 Å². The molecule has 6 aromatic heterocycles. The zero-order valence-corrected chi connectivity index (χ0v) is 39.9. The molecule has 2 amide bonds. The lowest BCUT2D eigenvalue weighted by atomic mass is 10.1. The Labute approximate surface area is 408 Å². The van der Waals surface area contributed by atoms with E-state index in [2.05, 4.69) is 95.3 Å². The zero-order chi connectivity index (χ0) is 46.3. The van der Waals surface area contributed by atoms with E-state index in [1.54, 1.807) is 28.9 Å². The van der Waals surface area contributed by atoms with Crippen LogP contribution in [0.4, 0.5) is 11.6 Å². The fraction of sp³-hybridized carbons (Fsp3) is 0.321. The minimum atomic E-state index is 0.0224. The van der Waals surface area contributed by atoms with Crippen LogP contribution in [-0.4, -0.2) is 141 Å². The minimum Gasteiger partial charge on any atom is -0.353 e. The van der Waals surface area contributed by atoms with Gasteiger partial charge in [-0.25, -0.2) is 24.9 Å². The predicted molar refractivity (Wildman–Crippen MR) is 275 cm³/mol. The fourth-order valence-electron chi connectivity index (χ4n) is 10.1. The second kappa shape index (κ2) is 19.0. The number of carbonyl (C=O) groups excluding carboxylic acids is 2. The Morgan fingerprint density at radius 1 is 0.565 bits per heavy atom. The summed E-state index contributed by atoms with van der Waals surface area (Å²) in [7, 11) is 0. The molecule has 0 bridgehead atoms. The Morgan fingerprint density at radius 3 is 1.70 bits per heavy atom. The third-order valence-corrected chi connectivity index (χ3v) is 15.7. The summed E-state index contributed by atoms with van der Waals surface area (Å²) >= 11 is 3.27. The summed E-state index contributed by atoms with van der Waals surface area (Å²) in [5.74, 6) is 3.43. The molecule has 9 heterocycles. The zero-order valence-electron chi connectivity index (χ0n) is 38.3. The van der Waals surface area contributed by atoms with Crippen LogP contribution >= 0.6 is 22.7 Å². The number of anilines is 2. The Kier molecular flexibility index (Phi) is 12.0. The maximum atomic E-state index is 13.6. The molecule has 14 nitrogen and oxygen atoms in total. The highest BCUT2D eigenvalue weighted by Gasteiger charge is 2.41. The Bertz CT molecular complexity index is 3130. The van der Waals surface area contributed by atoms with Gasteiger partial charge in [0.05, 0.1) is 23.9 Å². The summed E-state index contributed by atoms with van der Waals surface area (Å²) in [5.41, 5.74) is 6.94. The van der Waals surface area contributed by atoms with Crippen LogP contribution in [-0.2, 0) is 9.59 Å². The van der Waals surface area contributed by atoms with Crippen LogP contribution in [0.5, 0.6) is 0 Å². The molecule has 8 aromatic rings. The molecule has 4 fully saturated rings. The van der Waals surface area contributed by atoms with E-state index in [0.717, 1.165) is 156 Å². The van der Waals surface area contributed by atoms with Crippen molar-refractivity contribution in [3.63, 3.8) is 0 Å². The van der Waals surface area contributed by atoms with E-state index >= 15 is 0 Å². The molecule has 16 heteroatoms.